The predicted molar refractivity (Wildman–Crippen MR) is 109 cm³/mol. The molecule has 0 unspecified atom stereocenters. The smallest absolute Gasteiger partial charge is 0.464 e. The minimum absolute atomic E-state index is 0.0865. The largest absolute Gasteiger partial charge is 0.508 e. The molecule has 0 atom stereocenters. The van der Waals surface area contributed by atoms with Crippen molar-refractivity contribution in [3.8, 4) is 0 Å². The van der Waals surface area contributed by atoms with Gasteiger partial charge in [0.1, 0.15) is 45.1 Å². The molecule has 0 saturated heterocycles. The Bertz CT molecular complexity index is 597. The molecular formula is C21H28O10. The summed E-state index contributed by atoms with van der Waals surface area (Å²) >= 11 is 0. The second-order valence-corrected chi connectivity index (χ2v) is 6.08. The molecule has 31 heavy (non-hydrogen) atoms. The van der Waals surface area contributed by atoms with Crippen molar-refractivity contribution in [2.24, 2.45) is 5.41 Å². The molecule has 0 rings (SSSR count). The van der Waals surface area contributed by atoms with Crippen LogP contribution in [0.1, 0.15) is 12.8 Å². The highest BCUT2D eigenvalue weighted by Gasteiger charge is 2.38. The van der Waals surface area contributed by atoms with Crippen LogP contribution in [0.25, 0.3) is 0 Å². The molecule has 0 amide bonds. The molecule has 10 nitrogen and oxygen atoms in total. The lowest BCUT2D eigenvalue weighted by Gasteiger charge is -2.31. The number of rotatable bonds is 16. The van der Waals surface area contributed by atoms with Gasteiger partial charge < -0.3 is 28.4 Å². The third-order valence-corrected chi connectivity index (χ3v) is 3.33. The molecule has 0 radical (unpaired) electrons. The first-order valence-electron chi connectivity index (χ1n) is 9.16. The Hall–Kier alpha value is -3.56. The zero-order chi connectivity index (χ0) is 23.5. The van der Waals surface area contributed by atoms with Crippen LogP contribution in [0.5, 0.6) is 0 Å². The van der Waals surface area contributed by atoms with Gasteiger partial charge in [-0.15, -0.1) is 13.2 Å². The third kappa shape index (κ3) is 13.3. The Kier molecular flexibility index (Phi) is 14.4. The van der Waals surface area contributed by atoms with Crippen molar-refractivity contribution in [3.63, 3.8) is 0 Å². The molecule has 0 N–H and O–H groups in total. The Morgan fingerprint density at radius 3 is 1.23 bits per heavy atom. The summed E-state index contributed by atoms with van der Waals surface area (Å²) in [6.45, 7) is 11.7. The fourth-order valence-electron chi connectivity index (χ4n) is 1.83. The molecule has 0 aliphatic heterocycles. The lowest BCUT2D eigenvalue weighted by atomic mass is 9.92. The number of carbonyl (C=O) groups is 4. The van der Waals surface area contributed by atoms with E-state index >= 15 is 0 Å². The quantitative estimate of drug-likeness (QED) is 0.201. The van der Waals surface area contributed by atoms with Gasteiger partial charge in [-0.2, -0.15) is 0 Å². The van der Waals surface area contributed by atoms with Gasteiger partial charge >= 0.3 is 24.2 Å². The minimum Gasteiger partial charge on any atom is -0.464 e. The van der Waals surface area contributed by atoms with Crippen LogP contribution < -0.4 is 0 Å². The van der Waals surface area contributed by atoms with E-state index in [9.17, 15) is 19.2 Å². The van der Waals surface area contributed by atoms with Crippen LogP contribution in [0, 0.1) is 5.41 Å². The van der Waals surface area contributed by atoms with Crippen LogP contribution in [0.2, 0.25) is 0 Å². The summed E-state index contributed by atoms with van der Waals surface area (Å²) in [5.74, 6) is -1.28. The molecule has 0 heterocycles. The SMILES string of the molecule is C=CCOC(=O)OCC(COC(=O)CC=C)(COC(=O)CC=C)COC(=O)OCC=C. The Morgan fingerprint density at radius 2 is 0.903 bits per heavy atom. The van der Waals surface area contributed by atoms with Crippen LogP contribution in [0.3, 0.4) is 0 Å². The van der Waals surface area contributed by atoms with Crippen LogP contribution in [0.15, 0.2) is 50.6 Å². The average molecular weight is 440 g/mol. The van der Waals surface area contributed by atoms with Crippen LogP contribution in [0.4, 0.5) is 9.59 Å². The van der Waals surface area contributed by atoms with E-state index in [0.717, 1.165) is 0 Å². The highest BCUT2D eigenvalue weighted by atomic mass is 16.7. The molecule has 0 aliphatic carbocycles. The first kappa shape index (κ1) is 27.4. The first-order valence-corrected chi connectivity index (χ1v) is 9.16. The summed E-state index contributed by atoms with van der Waals surface area (Å²) in [4.78, 5) is 47.0. The summed E-state index contributed by atoms with van der Waals surface area (Å²) in [7, 11) is 0. The normalized spacial score (nSPS) is 10.1. The van der Waals surface area contributed by atoms with Crippen molar-refractivity contribution in [1.82, 2.24) is 0 Å². The minimum atomic E-state index is -1.44. The monoisotopic (exact) mass is 440 g/mol. The molecule has 0 aliphatic rings. The molecule has 0 bridgehead atoms. The zero-order valence-electron chi connectivity index (χ0n) is 17.4. The van der Waals surface area contributed by atoms with Gasteiger partial charge in [-0.05, 0) is 0 Å². The second kappa shape index (κ2) is 16.3. The van der Waals surface area contributed by atoms with Gasteiger partial charge in [0.2, 0.25) is 0 Å². The van der Waals surface area contributed by atoms with E-state index in [0.29, 0.717) is 0 Å². The van der Waals surface area contributed by atoms with Gasteiger partial charge in [0.15, 0.2) is 0 Å². The maximum absolute atomic E-state index is 11.8. The molecule has 172 valence electrons. The molecule has 0 aromatic rings. The highest BCUT2D eigenvalue weighted by molar-refractivity contribution is 5.71. The highest BCUT2D eigenvalue weighted by Crippen LogP contribution is 2.22. The van der Waals surface area contributed by atoms with E-state index in [1.54, 1.807) is 0 Å². The fraction of sp³-hybridized carbons (Fsp3) is 0.429. The van der Waals surface area contributed by atoms with Crippen LogP contribution >= 0.6 is 0 Å². The zero-order valence-corrected chi connectivity index (χ0v) is 17.4. The standard InChI is InChI=1S/C21H28O10/c1-5-9-17(22)28-13-21(14-29-18(23)10-6-2,15-30-19(24)26-11-7-3)16-31-20(25)27-12-8-4/h5-8H,1-4,9-16H2. The van der Waals surface area contributed by atoms with E-state index in [-0.39, 0.29) is 26.1 Å². The molecule has 0 spiro atoms. The Morgan fingerprint density at radius 1 is 0.548 bits per heavy atom. The molecule has 0 saturated carbocycles. The van der Waals surface area contributed by atoms with Crippen LogP contribution in [-0.4, -0.2) is 63.9 Å². The van der Waals surface area contributed by atoms with Crippen molar-refractivity contribution in [2.45, 2.75) is 12.8 Å². The van der Waals surface area contributed by atoms with Gasteiger partial charge in [0.25, 0.3) is 0 Å². The van der Waals surface area contributed by atoms with Gasteiger partial charge in [-0.3, -0.25) is 9.59 Å². The lowest BCUT2D eigenvalue weighted by molar-refractivity contribution is -0.158. The van der Waals surface area contributed by atoms with E-state index in [2.05, 4.69) is 26.3 Å². The van der Waals surface area contributed by atoms with Gasteiger partial charge in [-0.25, -0.2) is 9.59 Å². The fourth-order valence-corrected chi connectivity index (χ4v) is 1.83. The summed E-state index contributed by atoms with van der Waals surface area (Å²) in [6.07, 6.45) is 3.07. The van der Waals surface area contributed by atoms with E-state index in [4.69, 9.17) is 28.4 Å². The van der Waals surface area contributed by atoms with Crippen molar-refractivity contribution in [3.05, 3.63) is 50.6 Å². The number of hydrogen-bond acceptors (Lipinski definition) is 10. The lowest BCUT2D eigenvalue weighted by Crippen LogP contribution is -2.44. The second-order valence-electron chi connectivity index (χ2n) is 6.08. The number of carbonyl (C=O) groups excluding carboxylic acids is 4. The Labute approximate surface area is 181 Å². The molecule has 10 heteroatoms. The average Bonchev–Trinajstić information content (AvgIpc) is 2.75. The van der Waals surface area contributed by atoms with Crippen molar-refractivity contribution >= 4 is 24.2 Å². The van der Waals surface area contributed by atoms with E-state index < -0.39 is 56.1 Å². The number of esters is 2. The summed E-state index contributed by atoms with van der Waals surface area (Å²) in [6, 6.07) is 0. The summed E-state index contributed by atoms with van der Waals surface area (Å²) in [5.41, 5.74) is -1.44. The van der Waals surface area contributed by atoms with E-state index in [1.165, 1.54) is 24.3 Å². The predicted octanol–water partition coefficient (Wildman–Crippen LogP) is 2.89. The van der Waals surface area contributed by atoms with Crippen LogP contribution in [-0.2, 0) is 38.0 Å². The molecule has 0 fully saturated rings. The first-order chi connectivity index (χ1) is 14.8. The molecule has 0 aromatic heterocycles. The third-order valence-electron chi connectivity index (χ3n) is 3.33. The maximum Gasteiger partial charge on any atom is 0.508 e. The van der Waals surface area contributed by atoms with Gasteiger partial charge in [0, 0.05) is 0 Å². The summed E-state index contributed by atoms with van der Waals surface area (Å²) in [5, 5.41) is 0. The number of hydrogen-bond donors (Lipinski definition) is 0. The number of ether oxygens (including phenoxy) is 6. The van der Waals surface area contributed by atoms with Gasteiger partial charge in [-0.1, -0.05) is 37.5 Å². The summed E-state index contributed by atoms with van der Waals surface area (Å²) < 4.78 is 29.8. The molecular weight excluding hydrogens is 412 g/mol. The van der Waals surface area contributed by atoms with Crippen molar-refractivity contribution in [1.29, 1.82) is 0 Å². The topological polar surface area (TPSA) is 124 Å². The van der Waals surface area contributed by atoms with Crippen molar-refractivity contribution in [2.75, 3.05) is 39.6 Å². The Balaban J connectivity index is 5.46. The van der Waals surface area contributed by atoms with Crippen molar-refractivity contribution < 1.29 is 47.6 Å². The maximum atomic E-state index is 11.8. The molecule has 0 aromatic carbocycles. The van der Waals surface area contributed by atoms with E-state index in [1.807, 2.05) is 0 Å². The van der Waals surface area contributed by atoms with Gasteiger partial charge in [0.05, 0.1) is 12.8 Å².